The smallest absolute Gasteiger partial charge is 0.0107 e. The molecule has 1 aliphatic rings. The second kappa shape index (κ2) is 9.23. The summed E-state index contributed by atoms with van der Waals surface area (Å²) in [5.74, 6) is 2.14. The van der Waals surface area contributed by atoms with Crippen LogP contribution in [0.1, 0.15) is 39.0 Å². The van der Waals surface area contributed by atoms with Crippen molar-refractivity contribution in [3.8, 4) is 0 Å². The third-order valence-corrected chi connectivity index (χ3v) is 4.38. The molecule has 0 aromatic heterocycles. The maximum atomic E-state index is 3.75. The molecule has 17 heavy (non-hydrogen) atoms. The normalized spacial score (nSPS) is 25.4. The highest BCUT2D eigenvalue weighted by molar-refractivity contribution is 7.98. The van der Waals surface area contributed by atoms with Gasteiger partial charge in [0.1, 0.15) is 0 Å². The first-order chi connectivity index (χ1) is 8.27. The van der Waals surface area contributed by atoms with Gasteiger partial charge in [-0.25, -0.2) is 0 Å². The van der Waals surface area contributed by atoms with Crippen LogP contribution in [0.3, 0.4) is 0 Å². The second-order valence-corrected chi connectivity index (χ2v) is 6.35. The zero-order valence-electron chi connectivity index (χ0n) is 11.9. The Morgan fingerprint density at radius 2 is 2.06 bits per heavy atom. The van der Waals surface area contributed by atoms with Crippen LogP contribution in [0.25, 0.3) is 0 Å². The van der Waals surface area contributed by atoms with Crippen molar-refractivity contribution in [3.05, 3.63) is 0 Å². The zero-order valence-corrected chi connectivity index (χ0v) is 12.7. The average Bonchev–Trinajstić information content (AvgIpc) is 2.35. The molecule has 102 valence electrons. The van der Waals surface area contributed by atoms with E-state index >= 15 is 0 Å². The van der Waals surface area contributed by atoms with Gasteiger partial charge in [0, 0.05) is 24.9 Å². The van der Waals surface area contributed by atoms with Crippen LogP contribution < -0.4 is 5.32 Å². The van der Waals surface area contributed by atoms with Crippen molar-refractivity contribution >= 4 is 11.8 Å². The third-order valence-electron chi connectivity index (χ3n) is 3.79. The molecule has 1 saturated carbocycles. The first-order valence-corrected chi connectivity index (χ1v) is 8.58. The number of hydrogen-bond acceptors (Lipinski definition) is 3. The average molecular weight is 258 g/mol. The monoisotopic (exact) mass is 258 g/mol. The predicted octanol–water partition coefficient (Wildman–Crippen LogP) is 2.84. The minimum absolute atomic E-state index is 0.778. The van der Waals surface area contributed by atoms with Crippen molar-refractivity contribution in [2.24, 2.45) is 5.92 Å². The van der Waals surface area contributed by atoms with Gasteiger partial charge in [0.2, 0.25) is 0 Å². The molecule has 2 atom stereocenters. The Kier molecular flexibility index (Phi) is 8.33. The van der Waals surface area contributed by atoms with E-state index in [-0.39, 0.29) is 0 Å². The van der Waals surface area contributed by atoms with E-state index in [1.807, 2.05) is 11.8 Å². The lowest BCUT2D eigenvalue weighted by molar-refractivity contribution is 0.195. The molecule has 0 aromatic carbocycles. The third kappa shape index (κ3) is 6.12. The maximum Gasteiger partial charge on any atom is 0.0107 e. The minimum Gasteiger partial charge on any atom is -0.314 e. The molecule has 0 aliphatic heterocycles. The van der Waals surface area contributed by atoms with Gasteiger partial charge in [-0.3, -0.25) is 0 Å². The molecule has 3 heteroatoms. The fourth-order valence-electron chi connectivity index (χ4n) is 2.76. The Morgan fingerprint density at radius 3 is 2.76 bits per heavy atom. The highest BCUT2D eigenvalue weighted by Crippen LogP contribution is 2.25. The van der Waals surface area contributed by atoms with Gasteiger partial charge < -0.3 is 10.2 Å². The van der Waals surface area contributed by atoms with Crippen LogP contribution in [-0.4, -0.2) is 49.6 Å². The van der Waals surface area contributed by atoms with Crippen molar-refractivity contribution in [1.82, 2.24) is 10.2 Å². The van der Waals surface area contributed by atoms with Crippen LogP contribution in [0.15, 0.2) is 0 Å². The van der Waals surface area contributed by atoms with E-state index in [9.17, 15) is 0 Å². The van der Waals surface area contributed by atoms with Crippen LogP contribution in [0.5, 0.6) is 0 Å². The van der Waals surface area contributed by atoms with Crippen LogP contribution in [0, 0.1) is 5.92 Å². The first-order valence-electron chi connectivity index (χ1n) is 7.18. The minimum atomic E-state index is 0.778. The number of hydrogen-bond donors (Lipinski definition) is 1. The summed E-state index contributed by atoms with van der Waals surface area (Å²) in [5.41, 5.74) is 0. The fraction of sp³-hybridized carbons (Fsp3) is 1.00. The van der Waals surface area contributed by atoms with E-state index in [1.54, 1.807) is 0 Å². The number of thioether (sulfide) groups is 1. The summed E-state index contributed by atoms with van der Waals surface area (Å²) in [6, 6.07) is 0.778. The lowest BCUT2D eigenvalue weighted by Gasteiger charge is -2.35. The standard InChI is InChI=1S/C14H30N2S/c1-4-9-15-14-8-6-5-7-13(14)12-16(2)10-11-17-3/h13-15H,4-12H2,1-3H3. The largest absolute Gasteiger partial charge is 0.314 e. The van der Waals surface area contributed by atoms with Crippen LogP contribution in [-0.2, 0) is 0 Å². The second-order valence-electron chi connectivity index (χ2n) is 5.36. The number of nitrogens with one attached hydrogen (secondary N) is 1. The van der Waals surface area contributed by atoms with E-state index in [1.165, 1.54) is 57.5 Å². The summed E-state index contributed by atoms with van der Waals surface area (Å²) >= 11 is 1.95. The topological polar surface area (TPSA) is 15.3 Å². The summed E-state index contributed by atoms with van der Waals surface area (Å²) in [4.78, 5) is 2.52. The Morgan fingerprint density at radius 1 is 1.29 bits per heavy atom. The number of nitrogens with zero attached hydrogens (tertiary/aromatic N) is 1. The molecule has 2 unspecified atom stereocenters. The lowest BCUT2D eigenvalue weighted by Crippen LogP contribution is -2.44. The molecule has 0 bridgehead atoms. The molecule has 0 radical (unpaired) electrons. The van der Waals surface area contributed by atoms with E-state index in [0.717, 1.165) is 12.0 Å². The summed E-state index contributed by atoms with van der Waals surface area (Å²) in [6.07, 6.45) is 9.12. The summed E-state index contributed by atoms with van der Waals surface area (Å²) < 4.78 is 0. The van der Waals surface area contributed by atoms with Gasteiger partial charge in [0.15, 0.2) is 0 Å². The molecule has 1 N–H and O–H groups in total. The van der Waals surface area contributed by atoms with Gasteiger partial charge in [0.25, 0.3) is 0 Å². The quantitative estimate of drug-likeness (QED) is 0.721. The molecular weight excluding hydrogens is 228 g/mol. The fourth-order valence-corrected chi connectivity index (χ4v) is 3.26. The van der Waals surface area contributed by atoms with Gasteiger partial charge in [-0.1, -0.05) is 19.8 Å². The molecule has 2 nitrogen and oxygen atoms in total. The Hall–Kier alpha value is 0.270. The van der Waals surface area contributed by atoms with Crippen molar-refractivity contribution < 1.29 is 0 Å². The highest BCUT2D eigenvalue weighted by Gasteiger charge is 2.25. The molecule has 1 rings (SSSR count). The Bertz CT molecular complexity index is 187. The zero-order chi connectivity index (χ0) is 12.5. The molecular formula is C14H30N2S. The van der Waals surface area contributed by atoms with Crippen LogP contribution in [0.4, 0.5) is 0 Å². The van der Waals surface area contributed by atoms with Gasteiger partial charge in [-0.05, 0) is 45.0 Å². The van der Waals surface area contributed by atoms with E-state index in [4.69, 9.17) is 0 Å². The summed E-state index contributed by atoms with van der Waals surface area (Å²) in [7, 11) is 2.28. The summed E-state index contributed by atoms with van der Waals surface area (Å²) in [5, 5.41) is 3.75. The van der Waals surface area contributed by atoms with Gasteiger partial charge in [-0.2, -0.15) is 11.8 Å². The van der Waals surface area contributed by atoms with Gasteiger partial charge in [0.05, 0.1) is 0 Å². The lowest BCUT2D eigenvalue weighted by atomic mass is 9.84. The molecule has 1 fully saturated rings. The van der Waals surface area contributed by atoms with E-state index < -0.39 is 0 Å². The van der Waals surface area contributed by atoms with Crippen molar-refractivity contribution in [1.29, 1.82) is 0 Å². The van der Waals surface area contributed by atoms with E-state index in [2.05, 4.69) is 30.4 Å². The van der Waals surface area contributed by atoms with Crippen molar-refractivity contribution in [3.63, 3.8) is 0 Å². The molecule has 0 aromatic rings. The Balaban J connectivity index is 2.30. The van der Waals surface area contributed by atoms with Crippen LogP contribution in [0.2, 0.25) is 0 Å². The molecule has 0 saturated heterocycles. The SMILES string of the molecule is CCCNC1CCCCC1CN(C)CCSC. The van der Waals surface area contributed by atoms with Crippen molar-refractivity contribution in [2.75, 3.05) is 38.7 Å². The van der Waals surface area contributed by atoms with Crippen LogP contribution >= 0.6 is 11.8 Å². The molecule has 1 aliphatic carbocycles. The first kappa shape index (κ1) is 15.3. The van der Waals surface area contributed by atoms with E-state index in [0.29, 0.717) is 0 Å². The predicted molar refractivity (Wildman–Crippen MR) is 79.9 cm³/mol. The number of rotatable bonds is 8. The molecule has 0 spiro atoms. The summed E-state index contributed by atoms with van der Waals surface area (Å²) in [6.45, 7) is 5.96. The van der Waals surface area contributed by atoms with Gasteiger partial charge >= 0.3 is 0 Å². The Labute approximate surface area is 112 Å². The highest BCUT2D eigenvalue weighted by atomic mass is 32.2. The molecule has 0 heterocycles. The van der Waals surface area contributed by atoms with Gasteiger partial charge in [-0.15, -0.1) is 0 Å². The van der Waals surface area contributed by atoms with Crippen molar-refractivity contribution in [2.45, 2.75) is 45.1 Å². The molecule has 0 amide bonds. The maximum absolute atomic E-state index is 3.75.